The first-order chi connectivity index (χ1) is 8.72. The summed E-state index contributed by atoms with van der Waals surface area (Å²) in [6.45, 7) is 0. The van der Waals surface area contributed by atoms with E-state index in [-0.39, 0.29) is 5.97 Å². The van der Waals surface area contributed by atoms with Crippen LogP contribution in [0.1, 0.15) is 54.1 Å². The van der Waals surface area contributed by atoms with Gasteiger partial charge < -0.3 is 9.84 Å². The summed E-state index contributed by atoms with van der Waals surface area (Å²) in [6.07, 6.45) is 5.34. The molecule has 1 aliphatic carbocycles. The van der Waals surface area contributed by atoms with Crippen LogP contribution in [-0.4, -0.2) is 18.2 Å². The highest BCUT2D eigenvalue weighted by Gasteiger charge is 2.23. The Morgan fingerprint density at radius 2 is 2.06 bits per heavy atom. The van der Waals surface area contributed by atoms with E-state index in [1.807, 2.05) is 6.07 Å². The molecule has 0 spiro atoms. The third-order valence-corrected chi connectivity index (χ3v) is 3.75. The van der Waals surface area contributed by atoms with E-state index in [0.29, 0.717) is 11.5 Å². The van der Waals surface area contributed by atoms with Gasteiger partial charge >= 0.3 is 5.97 Å². The fourth-order valence-corrected chi connectivity index (χ4v) is 2.69. The lowest BCUT2D eigenvalue weighted by molar-refractivity contribution is 0.0599. The lowest BCUT2D eigenvalue weighted by atomic mass is 9.82. The number of carbonyl (C=O) groups excluding carboxylic acids is 1. The van der Waals surface area contributed by atoms with E-state index in [9.17, 15) is 9.90 Å². The fraction of sp³-hybridized carbons (Fsp3) is 0.533. The molecule has 0 aromatic heterocycles. The molecule has 3 heteroatoms. The first-order valence-electron chi connectivity index (χ1n) is 6.58. The van der Waals surface area contributed by atoms with Gasteiger partial charge in [-0.1, -0.05) is 31.4 Å². The number of hydrogen-bond acceptors (Lipinski definition) is 3. The van der Waals surface area contributed by atoms with Crippen LogP contribution in [-0.2, 0) is 4.74 Å². The van der Waals surface area contributed by atoms with Crippen LogP contribution in [0.3, 0.4) is 0 Å². The zero-order valence-corrected chi connectivity index (χ0v) is 10.8. The van der Waals surface area contributed by atoms with Gasteiger partial charge in [-0.05, 0) is 36.5 Å². The molecule has 1 saturated carbocycles. The molecule has 1 aromatic carbocycles. The number of ether oxygens (including phenoxy) is 1. The summed E-state index contributed by atoms with van der Waals surface area (Å²) >= 11 is 0. The first kappa shape index (κ1) is 13.1. The van der Waals surface area contributed by atoms with Gasteiger partial charge in [0.05, 0.1) is 18.8 Å². The molecule has 1 atom stereocenters. The molecule has 2 rings (SSSR count). The van der Waals surface area contributed by atoms with Crippen LogP contribution in [0, 0.1) is 5.92 Å². The predicted molar refractivity (Wildman–Crippen MR) is 69.3 cm³/mol. The van der Waals surface area contributed by atoms with E-state index in [0.717, 1.165) is 18.4 Å². The molecule has 18 heavy (non-hydrogen) atoms. The summed E-state index contributed by atoms with van der Waals surface area (Å²) < 4.78 is 4.70. The van der Waals surface area contributed by atoms with Crippen LogP contribution in [0.2, 0.25) is 0 Å². The number of esters is 1. The van der Waals surface area contributed by atoms with Gasteiger partial charge in [-0.25, -0.2) is 4.79 Å². The summed E-state index contributed by atoms with van der Waals surface area (Å²) in [5, 5.41) is 10.4. The second-order valence-corrected chi connectivity index (χ2v) is 4.96. The number of carbonyl (C=O) groups is 1. The van der Waals surface area contributed by atoms with Crippen LogP contribution in [0.25, 0.3) is 0 Å². The Kier molecular flexibility index (Phi) is 4.37. The molecule has 0 amide bonds. The average molecular weight is 248 g/mol. The van der Waals surface area contributed by atoms with Gasteiger partial charge in [0.1, 0.15) is 0 Å². The highest BCUT2D eigenvalue weighted by atomic mass is 16.5. The molecule has 1 aromatic rings. The van der Waals surface area contributed by atoms with Gasteiger partial charge in [0.15, 0.2) is 0 Å². The summed E-state index contributed by atoms with van der Waals surface area (Å²) in [5.41, 5.74) is 1.33. The Balaban J connectivity index is 2.14. The van der Waals surface area contributed by atoms with Gasteiger partial charge in [-0.3, -0.25) is 0 Å². The van der Waals surface area contributed by atoms with E-state index in [1.54, 1.807) is 18.2 Å². The molecule has 1 N–H and O–H groups in total. The molecule has 0 radical (unpaired) electrons. The van der Waals surface area contributed by atoms with Crippen LogP contribution < -0.4 is 0 Å². The molecule has 98 valence electrons. The summed E-state index contributed by atoms with van der Waals surface area (Å²) in [4.78, 5) is 11.5. The molecule has 1 fully saturated rings. The number of methoxy groups -OCH3 is 1. The minimum absolute atomic E-state index is 0.326. The smallest absolute Gasteiger partial charge is 0.337 e. The number of hydrogen-bond donors (Lipinski definition) is 1. The highest BCUT2D eigenvalue weighted by Crippen LogP contribution is 2.34. The maximum Gasteiger partial charge on any atom is 0.337 e. The minimum atomic E-state index is -0.463. The van der Waals surface area contributed by atoms with Crippen molar-refractivity contribution in [3.63, 3.8) is 0 Å². The van der Waals surface area contributed by atoms with Crippen molar-refractivity contribution in [2.75, 3.05) is 7.11 Å². The van der Waals surface area contributed by atoms with Gasteiger partial charge in [0, 0.05) is 0 Å². The number of aliphatic hydroxyl groups is 1. The Bertz CT molecular complexity index is 408. The van der Waals surface area contributed by atoms with Crippen LogP contribution in [0.4, 0.5) is 0 Å². The molecule has 1 aliphatic rings. The standard InChI is InChI=1S/C15H20O3/c1-18-15(17)13-9-5-8-12(10-13)14(16)11-6-3-2-4-7-11/h5,8-11,14,16H,2-4,6-7H2,1H3. The molecular formula is C15H20O3. The second-order valence-electron chi connectivity index (χ2n) is 4.96. The third kappa shape index (κ3) is 2.91. The quantitative estimate of drug-likeness (QED) is 0.836. The first-order valence-corrected chi connectivity index (χ1v) is 6.58. The largest absolute Gasteiger partial charge is 0.465 e. The number of benzene rings is 1. The molecule has 0 aliphatic heterocycles. The van der Waals surface area contributed by atoms with E-state index in [4.69, 9.17) is 4.74 Å². The van der Waals surface area contributed by atoms with E-state index in [1.165, 1.54) is 26.4 Å². The maximum absolute atomic E-state index is 11.5. The van der Waals surface area contributed by atoms with Crippen molar-refractivity contribution < 1.29 is 14.6 Å². The van der Waals surface area contributed by atoms with Crippen LogP contribution in [0.15, 0.2) is 24.3 Å². The average Bonchev–Trinajstić information content (AvgIpc) is 2.46. The summed E-state index contributed by atoms with van der Waals surface area (Å²) in [6, 6.07) is 7.13. The van der Waals surface area contributed by atoms with E-state index >= 15 is 0 Å². The van der Waals surface area contributed by atoms with Gasteiger partial charge in [-0.2, -0.15) is 0 Å². The predicted octanol–water partition coefficient (Wildman–Crippen LogP) is 3.09. The van der Waals surface area contributed by atoms with Crippen molar-refractivity contribution in [2.24, 2.45) is 5.92 Å². The zero-order valence-electron chi connectivity index (χ0n) is 10.8. The van der Waals surface area contributed by atoms with E-state index < -0.39 is 6.10 Å². The zero-order chi connectivity index (χ0) is 13.0. The number of rotatable bonds is 3. The third-order valence-electron chi connectivity index (χ3n) is 3.75. The van der Waals surface area contributed by atoms with Crippen molar-refractivity contribution in [2.45, 2.75) is 38.2 Å². The number of aliphatic hydroxyl groups excluding tert-OH is 1. The van der Waals surface area contributed by atoms with Crippen LogP contribution in [0.5, 0.6) is 0 Å². The maximum atomic E-state index is 11.5. The molecular weight excluding hydrogens is 228 g/mol. The van der Waals surface area contributed by atoms with Crippen LogP contribution >= 0.6 is 0 Å². The molecule has 1 unspecified atom stereocenters. The lowest BCUT2D eigenvalue weighted by Crippen LogP contribution is -2.16. The van der Waals surface area contributed by atoms with E-state index in [2.05, 4.69) is 0 Å². The highest BCUT2D eigenvalue weighted by molar-refractivity contribution is 5.89. The second kappa shape index (κ2) is 6.01. The Morgan fingerprint density at radius 1 is 1.33 bits per heavy atom. The van der Waals surface area contributed by atoms with Crippen molar-refractivity contribution in [1.29, 1.82) is 0 Å². The lowest BCUT2D eigenvalue weighted by Gasteiger charge is -2.27. The normalized spacial score (nSPS) is 18.3. The molecule has 3 nitrogen and oxygen atoms in total. The molecule has 0 saturated heterocycles. The van der Waals surface area contributed by atoms with Crippen molar-refractivity contribution in [3.8, 4) is 0 Å². The minimum Gasteiger partial charge on any atom is -0.465 e. The van der Waals surface area contributed by atoms with Gasteiger partial charge in [-0.15, -0.1) is 0 Å². The van der Waals surface area contributed by atoms with Gasteiger partial charge in [0.2, 0.25) is 0 Å². The van der Waals surface area contributed by atoms with Crippen molar-refractivity contribution >= 4 is 5.97 Å². The Hall–Kier alpha value is -1.35. The SMILES string of the molecule is COC(=O)c1cccc(C(O)C2CCCCC2)c1. The Morgan fingerprint density at radius 3 is 2.72 bits per heavy atom. The fourth-order valence-electron chi connectivity index (χ4n) is 2.69. The molecule has 0 heterocycles. The summed E-state index contributed by atoms with van der Waals surface area (Å²) in [5.74, 6) is -0.0284. The summed E-state index contributed by atoms with van der Waals surface area (Å²) in [7, 11) is 1.37. The Labute approximate surface area is 108 Å². The van der Waals surface area contributed by atoms with Crippen molar-refractivity contribution in [1.82, 2.24) is 0 Å². The monoisotopic (exact) mass is 248 g/mol. The topological polar surface area (TPSA) is 46.5 Å². The van der Waals surface area contributed by atoms with Crippen molar-refractivity contribution in [3.05, 3.63) is 35.4 Å². The molecule has 0 bridgehead atoms. The van der Waals surface area contributed by atoms with Gasteiger partial charge in [0.25, 0.3) is 0 Å².